The Morgan fingerprint density at radius 2 is 1.79 bits per heavy atom. The Labute approximate surface area is 164 Å². The number of carbonyl (C=O) groups excluding carboxylic acids is 1. The second-order valence-corrected chi connectivity index (χ2v) is 7.34. The summed E-state index contributed by atoms with van der Waals surface area (Å²) in [6.07, 6.45) is 9.43. The number of nitrogens with one attached hydrogen (secondary N) is 1. The van der Waals surface area contributed by atoms with Crippen molar-refractivity contribution >= 4 is 5.91 Å². The lowest BCUT2D eigenvalue weighted by Crippen LogP contribution is -2.47. The zero-order valence-corrected chi connectivity index (χ0v) is 15.8. The molecular weight excluding hydrogens is 352 g/mol. The predicted molar refractivity (Wildman–Crippen MR) is 105 cm³/mol. The summed E-state index contributed by atoms with van der Waals surface area (Å²) in [6, 6.07) is 13.8. The molecule has 0 radical (unpaired) electrons. The van der Waals surface area contributed by atoms with Crippen LogP contribution in [0.3, 0.4) is 0 Å². The molecule has 3 aromatic rings. The standard InChI is InChI=1S/C22H24N4O2/c27-19(10-9-17-7-3-1-4-8-17)25-22(13-5-2-6-14-22)21-24-20(26-28-21)18-11-15-23-16-12-18/h1,3-4,7-8,11-12,15-16H,2,5-6,9-10,13-14H2,(H,25,27). The van der Waals surface area contributed by atoms with E-state index >= 15 is 0 Å². The van der Waals surface area contributed by atoms with Crippen LogP contribution in [0, 0.1) is 0 Å². The number of rotatable bonds is 6. The fourth-order valence-electron chi connectivity index (χ4n) is 3.82. The van der Waals surface area contributed by atoms with Crippen LogP contribution in [-0.4, -0.2) is 21.0 Å². The molecule has 1 fully saturated rings. The quantitative estimate of drug-likeness (QED) is 0.702. The molecule has 1 saturated carbocycles. The van der Waals surface area contributed by atoms with Gasteiger partial charge in [0.05, 0.1) is 0 Å². The van der Waals surface area contributed by atoms with Crippen LogP contribution < -0.4 is 5.32 Å². The van der Waals surface area contributed by atoms with Crippen molar-refractivity contribution in [2.24, 2.45) is 0 Å². The average Bonchev–Trinajstić information content (AvgIpc) is 3.26. The Bertz CT molecular complexity index is 903. The second-order valence-electron chi connectivity index (χ2n) is 7.34. The first-order valence-corrected chi connectivity index (χ1v) is 9.85. The predicted octanol–water partition coefficient (Wildman–Crippen LogP) is 4.04. The van der Waals surface area contributed by atoms with Gasteiger partial charge in [-0.05, 0) is 37.0 Å². The Balaban J connectivity index is 1.50. The van der Waals surface area contributed by atoms with Crippen molar-refractivity contribution in [1.82, 2.24) is 20.4 Å². The summed E-state index contributed by atoms with van der Waals surface area (Å²) in [5, 5.41) is 7.38. The van der Waals surface area contributed by atoms with Gasteiger partial charge in [-0.3, -0.25) is 9.78 Å². The maximum atomic E-state index is 12.7. The van der Waals surface area contributed by atoms with E-state index in [2.05, 4.69) is 20.4 Å². The number of aromatic nitrogens is 3. The van der Waals surface area contributed by atoms with E-state index in [4.69, 9.17) is 4.52 Å². The van der Waals surface area contributed by atoms with Gasteiger partial charge >= 0.3 is 0 Å². The molecule has 144 valence electrons. The summed E-state index contributed by atoms with van der Waals surface area (Å²) < 4.78 is 5.63. The molecular formula is C22H24N4O2. The molecule has 1 aromatic carbocycles. The van der Waals surface area contributed by atoms with Gasteiger partial charge in [0.15, 0.2) is 0 Å². The monoisotopic (exact) mass is 376 g/mol. The van der Waals surface area contributed by atoms with Gasteiger partial charge in [0.25, 0.3) is 5.89 Å². The molecule has 0 spiro atoms. The SMILES string of the molecule is O=C(CCc1ccccc1)NC1(c2nc(-c3ccncc3)no2)CCCCC1. The number of carbonyl (C=O) groups is 1. The van der Waals surface area contributed by atoms with Gasteiger partial charge in [-0.2, -0.15) is 4.98 Å². The second kappa shape index (κ2) is 8.33. The molecule has 1 aliphatic rings. The first kappa shape index (κ1) is 18.3. The zero-order valence-electron chi connectivity index (χ0n) is 15.8. The minimum absolute atomic E-state index is 0.0226. The summed E-state index contributed by atoms with van der Waals surface area (Å²) in [7, 11) is 0. The minimum Gasteiger partial charge on any atom is -0.342 e. The third-order valence-electron chi connectivity index (χ3n) is 5.34. The van der Waals surface area contributed by atoms with E-state index in [1.807, 2.05) is 42.5 Å². The first-order chi connectivity index (χ1) is 13.8. The van der Waals surface area contributed by atoms with Crippen LogP contribution in [0.4, 0.5) is 0 Å². The third kappa shape index (κ3) is 4.11. The van der Waals surface area contributed by atoms with Crippen LogP contribution in [0.2, 0.25) is 0 Å². The highest BCUT2D eigenvalue weighted by molar-refractivity contribution is 5.77. The Kier molecular flexibility index (Phi) is 5.46. The van der Waals surface area contributed by atoms with Crippen LogP contribution in [0.15, 0.2) is 59.4 Å². The van der Waals surface area contributed by atoms with Crippen molar-refractivity contribution in [3.63, 3.8) is 0 Å². The van der Waals surface area contributed by atoms with Crippen molar-refractivity contribution in [2.75, 3.05) is 0 Å². The average molecular weight is 376 g/mol. The molecule has 1 aliphatic carbocycles. The summed E-state index contributed by atoms with van der Waals surface area (Å²) in [5.41, 5.74) is 1.45. The van der Waals surface area contributed by atoms with Crippen molar-refractivity contribution in [2.45, 2.75) is 50.5 Å². The van der Waals surface area contributed by atoms with E-state index < -0.39 is 5.54 Å². The molecule has 0 bridgehead atoms. The highest BCUT2D eigenvalue weighted by atomic mass is 16.5. The van der Waals surface area contributed by atoms with E-state index in [1.165, 1.54) is 0 Å². The third-order valence-corrected chi connectivity index (χ3v) is 5.34. The minimum atomic E-state index is -0.565. The first-order valence-electron chi connectivity index (χ1n) is 9.85. The van der Waals surface area contributed by atoms with Crippen LogP contribution >= 0.6 is 0 Å². The molecule has 0 unspecified atom stereocenters. The van der Waals surface area contributed by atoms with Crippen molar-refractivity contribution < 1.29 is 9.32 Å². The molecule has 2 aromatic heterocycles. The topological polar surface area (TPSA) is 80.9 Å². The molecule has 0 aliphatic heterocycles. The number of pyridine rings is 1. The zero-order chi connectivity index (χ0) is 19.2. The fraction of sp³-hybridized carbons (Fsp3) is 0.364. The van der Waals surface area contributed by atoms with E-state index in [0.717, 1.165) is 49.7 Å². The van der Waals surface area contributed by atoms with Gasteiger partial charge in [-0.15, -0.1) is 0 Å². The summed E-state index contributed by atoms with van der Waals surface area (Å²) in [4.78, 5) is 21.4. The maximum absolute atomic E-state index is 12.7. The number of aryl methyl sites for hydroxylation is 1. The summed E-state index contributed by atoms with van der Waals surface area (Å²) in [6.45, 7) is 0. The highest BCUT2D eigenvalue weighted by Gasteiger charge is 2.40. The van der Waals surface area contributed by atoms with E-state index in [-0.39, 0.29) is 5.91 Å². The normalized spacial score (nSPS) is 15.9. The number of hydrogen-bond acceptors (Lipinski definition) is 5. The van der Waals surface area contributed by atoms with Gasteiger partial charge in [-0.25, -0.2) is 0 Å². The Morgan fingerprint density at radius 1 is 1.04 bits per heavy atom. The number of benzene rings is 1. The lowest BCUT2D eigenvalue weighted by molar-refractivity contribution is -0.124. The van der Waals surface area contributed by atoms with Gasteiger partial charge in [-0.1, -0.05) is 54.8 Å². The molecule has 2 heterocycles. The van der Waals surface area contributed by atoms with Crippen molar-refractivity contribution in [3.8, 4) is 11.4 Å². The highest BCUT2D eigenvalue weighted by Crippen LogP contribution is 2.37. The van der Waals surface area contributed by atoms with Crippen LogP contribution in [0.5, 0.6) is 0 Å². The van der Waals surface area contributed by atoms with E-state index in [0.29, 0.717) is 18.1 Å². The molecule has 28 heavy (non-hydrogen) atoms. The molecule has 4 rings (SSSR count). The molecule has 0 saturated heterocycles. The maximum Gasteiger partial charge on any atom is 0.252 e. The summed E-state index contributed by atoms with van der Waals surface area (Å²) >= 11 is 0. The van der Waals surface area contributed by atoms with E-state index in [9.17, 15) is 4.79 Å². The van der Waals surface area contributed by atoms with Crippen molar-refractivity contribution in [3.05, 3.63) is 66.3 Å². The lowest BCUT2D eigenvalue weighted by Gasteiger charge is -2.34. The van der Waals surface area contributed by atoms with Crippen molar-refractivity contribution in [1.29, 1.82) is 0 Å². The van der Waals surface area contributed by atoms with E-state index in [1.54, 1.807) is 12.4 Å². The van der Waals surface area contributed by atoms with Gasteiger partial charge in [0.2, 0.25) is 11.7 Å². The van der Waals surface area contributed by atoms with Crippen LogP contribution in [-0.2, 0) is 16.8 Å². The largest absolute Gasteiger partial charge is 0.342 e. The Morgan fingerprint density at radius 3 is 2.54 bits per heavy atom. The number of nitrogens with zero attached hydrogens (tertiary/aromatic N) is 3. The number of amides is 1. The molecule has 1 N–H and O–H groups in total. The Hall–Kier alpha value is -3.02. The number of hydrogen-bond donors (Lipinski definition) is 1. The van der Waals surface area contributed by atoms with Gasteiger partial charge in [0, 0.05) is 24.4 Å². The lowest BCUT2D eigenvalue weighted by atomic mass is 9.81. The molecule has 6 heteroatoms. The van der Waals surface area contributed by atoms with Crippen LogP contribution in [0.1, 0.15) is 50.0 Å². The van der Waals surface area contributed by atoms with Gasteiger partial charge < -0.3 is 9.84 Å². The summed E-state index contributed by atoms with van der Waals surface area (Å²) in [5.74, 6) is 1.06. The van der Waals surface area contributed by atoms with Crippen LogP contribution in [0.25, 0.3) is 11.4 Å². The fourth-order valence-corrected chi connectivity index (χ4v) is 3.82. The molecule has 6 nitrogen and oxygen atoms in total. The van der Waals surface area contributed by atoms with Gasteiger partial charge in [0.1, 0.15) is 5.54 Å². The molecule has 0 atom stereocenters. The smallest absolute Gasteiger partial charge is 0.252 e. The molecule has 1 amide bonds.